The quantitative estimate of drug-likeness (QED) is 0.427. The molecule has 1 aliphatic rings. The SMILES string of the molecule is COc1ccc(-c2cn([C@@H]3O[C@@H](C)[C@@H](O)[C@H]3O)c3ncnc(Nc4ccc(F)cc4)c23)cc1. The molecule has 1 saturated heterocycles. The van der Waals surface area contributed by atoms with E-state index in [2.05, 4.69) is 15.3 Å². The highest BCUT2D eigenvalue weighted by molar-refractivity contribution is 6.02. The summed E-state index contributed by atoms with van der Waals surface area (Å²) in [4.78, 5) is 8.89. The summed E-state index contributed by atoms with van der Waals surface area (Å²) >= 11 is 0. The molecule has 1 fully saturated rings. The number of nitrogens with zero attached hydrogens (tertiary/aromatic N) is 3. The van der Waals surface area contributed by atoms with Crippen LogP contribution in [0.4, 0.5) is 15.9 Å². The molecule has 8 nitrogen and oxygen atoms in total. The van der Waals surface area contributed by atoms with Crippen LogP contribution < -0.4 is 10.1 Å². The fourth-order valence-corrected chi connectivity index (χ4v) is 4.09. The number of rotatable bonds is 5. The number of methoxy groups -OCH3 is 1. The van der Waals surface area contributed by atoms with Crippen molar-refractivity contribution in [1.82, 2.24) is 14.5 Å². The Bertz CT molecular complexity index is 1280. The summed E-state index contributed by atoms with van der Waals surface area (Å²) in [6, 6.07) is 13.5. The van der Waals surface area contributed by atoms with Crippen molar-refractivity contribution in [3.63, 3.8) is 0 Å². The molecule has 0 unspecified atom stereocenters. The van der Waals surface area contributed by atoms with Crippen molar-refractivity contribution in [2.75, 3.05) is 12.4 Å². The summed E-state index contributed by atoms with van der Waals surface area (Å²) in [7, 11) is 1.60. The fourth-order valence-electron chi connectivity index (χ4n) is 4.09. The van der Waals surface area contributed by atoms with Gasteiger partial charge in [-0.05, 0) is 48.9 Å². The van der Waals surface area contributed by atoms with Crippen LogP contribution in [0.25, 0.3) is 22.2 Å². The smallest absolute Gasteiger partial charge is 0.164 e. The minimum Gasteiger partial charge on any atom is -0.497 e. The van der Waals surface area contributed by atoms with Crippen molar-refractivity contribution in [3.05, 3.63) is 66.9 Å². The average Bonchev–Trinajstić information content (AvgIpc) is 3.34. The number of fused-ring (bicyclic) bond motifs is 1. The molecule has 3 heterocycles. The second-order valence-corrected chi connectivity index (χ2v) is 7.94. The first kappa shape index (κ1) is 21.3. The Morgan fingerprint density at radius 2 is 1.76 bits per heavy atom. The van der Waals surface area contributed by atoms with Crippen LogP contribution in [-0.2, 0) is 4.74 Å². The van der Waals surface area contributed by atoms with Gasteiger partial charge in [0.15, 0.2) is 6.23 Å². The predicted molar refractivity (Wildman–Crippen MR) is 121 cm³/mol. The molecule has 2 aromatic heterocycles. The first-order valence-corrected chi connectivity index (χ1v) is 10.5. The van der Waals surface area contributed by atoms with E-state index < -0.39 is 24.5 Å². The van der Waals surface area contributed by atoms with Gasteiger partial charge in [-0.3, -0.25) is 0 Å². The number of benzene rings is 2. The van der Waals surface area contributed by atoms with Crippen LogP contribution in [0, 0.1) is 5.82 Å². The molecular weight excluding hydrogens is 427 g/mol. The molecule has 0 spiro atoms. The van der Waals surface area contributed by atoms with Crippen LogP contribution in [0.15, 0.2) is 61.1 Å². The van der Waals surface area contributed by atoms with Gasteiger partial charge in [0.1, 0.15) is 41.6 Å². The maximum absolute atomic E-state index is 13.4. The molecule has 1 aliphatic heterocycles. The Kier molecular flexibility index (Phi) is 5.45. The maximum atomic E-state index is 13.4. The molecule has 0 saturated carbocycles. The maximum Gasteiger partial charge on any atom is 0.164 e. The molecule has 5 rings (SSSR count). The van der Waals surface area contributed by atoms with Crippen LogP contribution in [0.5, 0.6) is 5.75 Å². The van der Waals surface area contributed by atoms with Crippen molar-refractivity contribution in [2.24, 2.45) is 0 Å². The molecule has 0 bridgehead atoms. The molecular formula is C24H23FN4O4. The monoisotopic (exact) mass is 450 g/mol. The Morgan fingerprint density at radius 3 is 2.39 bits per heavy atom. The second-order valence-electron chi connectivity index (χ2n) is 7.94. The Hall–Kier alpha value is -3.53. The van der Waals surface area contributed by atoms with Crippen molar-refractivity contribution in [1.29, 1.82) is 0 Å². The van der Waals surface area contributed by atoms with Gasteiger partial charge in [-0.1, -0.05) is 12.1 Å². The van der Waals surface area contributed by atoms with Gasteiger partial charge in [-0.25, -0.2) is 14.4 Å². The van der Waals surface area contributed by atoms with E-state index in [1.807, 2.05) is 30.5 Å². The third-order valence-electron chi connectivity index (χ3n) is 5.87. The molecule has 33 heavy (non-hydrogen) atoms. The lowest BCUT2D eigenvalue weighted by Crippen LogP contribution is -2.30. The lowest BCUT2D eigenvalue weighted by atomic mass is 10.1. The zero-order valence-electron chi connectivity index (χ0n) is 18.0. The molecule has 3 N–H and O–H groups in total. The zero-order chi connectivity index (χ0) is 23.1. The number of hydrogen-bond donors (Lipinski definition) is 3. The van der Waals surface area contributed by atoms with E-state index in [1.54, 1.807) is 30.7 Å². The summed E-state index contributed by atoms with van der Waals surface area (Å²) in [5.74, 6) is 0.894. The van der Waals surface area contributed by atoms with Crippen LogP contribution in [0.3, 0.4) is 0 Å². The number of aliphatic hydroxyl groups excluding tert-OH is 2. The van der Waals surface area contributed by atoms with E-state index in [-0.39, 0.29) is 5.82 Å². The second kappa shape index (κ2) is 8.43. The molecule has 9 heteroatoms. The largest absolute Gasteiger partial charge is 0.497 e. The minimum atomic E-state index is -1.12. The standard InChI is InChI=1S/C24H23FN4O4/c1-13-20(30)21(31)24(33-13)29-11-18(14-3-9-17(32-2)10-4-14)19-22(26-12-27-23(19)29)28-16-7-5-15(25)6-8-16/h3-13,20-21,24,30-31H,1-2H3,(H,26,27,28)/t13-,20+,21+,24+/m0/s1. The summed E-state index contributed by atoms with van der Waals surface area (Å²) in [5.41, 5.74) is 2.84. The molecule has 0 radical (unpaired) electrons. The van der Waals surface area contributed by atoms with Gasteiger partial charge in [0.25, 0.3) is 0 Å². The van der Waals surface area contributed by atoms with Crippen molar-refractivity contribution in [2.45, 2.75) is 31.5 Å². The van der Waals surface area contributed by atoms with E-state index in [0.29, 0.717) is 22.5 Å². The Labute approximate surface area is 189 Å². The van der Waals surface area contributed by atoms with Gasteiger partial charge >= 0.3 is 0 Å². The number of aromatic nitrogens is 3. The van der Waals surface area contributed by atoms with E-state index >= 15 is 0 Å². The number of nitrogens with one attached hydrogen (secondary N) is 1. The van der Waals surface area contributed by atoms with Crippen LogP contribution in [0.1, 0.15) is 13.2 Å². The van der Waals surface area contributed by atoms with Gasteiger partial charge in [0.05, 0.1) is 18.6 Å². The molecule has 2 aromatic carbocycles. The third kappa shape index (κ3) is 3.80. The first-order chi connectivity index (χ1) is 16.0. The van der Waals surface area contributed by atoms with E-state index in [4.69, 9.17) is 9.47 Å². The summed E-state index contributed by atoms with van der Waals surface area (Å²) in [6.45, 7) is 1.71. The summed E-state index contributed by atoms with van der Waals surface area (Å²) in [6.07, 6.45) is -0.263. The van der Waals surface area contributed by atoms with Gasteiger partial charge in [-0.2, -0.15) is 0 Å². The Balaban J connectivity index is 1.68. The van der Waals surface area contributed by atoms with Gasteiger partial charge in [0, 0.05) is 17.4 Å². The summed E-state index contributed by atoms with van der Waals surface area (Å²) in [5, 5.41) is 24.8. The third-order valence-corrected chi connectivity index (χ3v) is 5.87. The molecule has 4 aromatic rings. The average molecular weight is 450 g/mol. The lowest BCUT2D eigenvalue weighted by Gasteiger charge is -2.17. The molecule has 4 atom stereocenters. The van der Waals surface area contributed by atoms with E-state index in [0.717, 1.165) is 16.9 Å². The van der Waals surface area contributed by atoms with Crippen LogP contribution >= 0.6 is 0 Å². The van der Waals surface area contributed by atoms with Gasteiger partial charge in [0.2, 0.25) is 0 Å². The van der Waals surface area contributed by atoms with Crippen molar-refractivity contribution in [3.8, 4) is 16.9 Å². The van der Waals surface area contributed by atoms with Crippen LogP contribution in [0.2, 0.25) is 0 Å². The van der Waals surface area contributed by atoms with Crippen LogP contribution in [-0.4, -0.2) is 50.2 Å². The molecule has 170 valence electrons. The topological polar surface area (TPSA) is 102 Å². The predicted octanol–water partition coefficient (Wildman–Crippen LogP) is 3.63. The normalized spacial score (nSPS) is 22.6. The van der Waals surface area contributed by atoms with Gasteiger partial charge < -0.3 is 29.6 Å². The van der Waals surface area contributed by atoms with E-state index in [1.165, 1.54) is 18.5 Å². The number of anilines is 2. The first-order valence-electron chi connectivity index (χ1n) is 10.5. The number of ether oxygens (including phenoxy) is 2. The van der Waals surface area contributed by atoms with Crippen molar-refractivity contribution >= 4 is 22.5 Å². The highest BCUT2D eigenvalue weighted by Crippen LogP contribution is 2.39. The lowest BCUT2D eigenvalue weighted by molar-refractivity contribution is -0.0295. The zero-order valence-corrected chi connectivity index (χ0v) is 18.0. The fraction of sp³-hybridized carbons (Fsp3) is 0.250. The number of halogens is 1. The van der Waals surface area contributed by atoms with Crippen molar-refractivity contribution < 1.29 is 24.1 Å². The highest BCUT2D eigenvalue weighted by atomic mass is 19.1. The molecule has 0 aliphatic carbocycles. The van der Waals surface area contributed by atoms with E-state index in [9.17, 15) is 14.6 Å². The minimum absolute atomic E-state index is 0.335. The highest BCUT2D eigenvalue weighted by Gasteiger charge is 2.42. The summed E-state index contributed by atoms with van der Waals surface area (Å²) < 4.78 is 26.2. The number of aliphatic hydroxyl groups is 2. The Morgan fingerprint density at radius 1 is 1.03 bits per heavy atom. The van der Waals surface area contributed by atoms with Gasteiger partial charge in [-0.15, -0.1) is 0 Å². The molecule has 0 amide bonds. The number of hydrogen-bond acceptors (Lipinski definition) is 7.